The van der Waals surface area contributed by atoms with Gasteiger partial charge in [-0.15, -0.1) is 0 Å². The van der Waals surface area contributed by atoms with Gasteiger partial charge in [0.2, 0.25) is 5.91 Å². The number of likely N-dealkylation sites (N-methyl/N-ethyl adjacent to an activating group) is 1. The van der Waals surface area contributed by atoms with E-state index in [-0.39, 0.29) is 11.4 Å². The number of hydrogen-bond acceptors (Lipinski definition) is 3. The molecule has 0 unspecified atom stereocenters. The Morgan fingerprint density at radius 2 is 1.82 bits per heavy atom. The predicted octanol–water partition coefficient (Wildman–Crippen LogP) is 0.705. The summed E-state index contributed by atoms with van der Waals surface area (Å²) in [4.78, 5) is 16.2. The fourth-order valence-corrected chi connectivity index (χ4v) is 1.98. The van der Waals surface area contributed by atoms with Crippen LogP contribution >= 0.6 is 0 Å². The molecular weight excluding hydrogens is 214 g/mol. The number of nitrogens with one attached hydrogen (secondary N) is 1. The van der Waals surface area contributed by atoms with E-state index in [1.165, 1.54) is 0 Å². The van der Waals surface area contributed by atoms with Crippen LogP contribution in [0.2, 0.25) is 0 Å². The SMILES string of the molecule is CNC/C=C/C(=O)N1CCN(C(C)(C)C)CC1. The average Bonchev–Trinajstić information content (AvgIpc) is 2.28. The third-order valence-corrected chi connectivity index (χ3v) is 3.12. The summed E-state index contributed by atoms with van der Waals surface area (Å²) >= 11 is 0. The second-order valence-corrected chi connectivity index (χ2v) is 5.44. The largest absolute Gasteiger partial charge is 0.337 e. The van der Waals surface area contributed by atoms with Gasteiger partial charge in [0, 0.05) is 44.3 Å². The second kappa shape index (κ2) is 6.17. The maximum absolute atomic E-state index is 11.8. The van der Waals surface area contributed by atoms with Crippen LogP contribution in [-0.4, -0.2) is 61.0 Å². The van der Waals surface area contributed by atoms with Gasteiger partial charge in [0.25, 0.3) is 0 Å². The zero-order chi connectivity index (χ0) is 12.9. The van der Waals surface area contributed by atoms with E-state index in [9.17, 15) is 4.79 Å². The maximum Gasteiger partial charge on any atom is 0.246 e. The molecule has 0 radical (unpaired) electrons. The minimum Gasteiger partial charge on any atom is -0.337 e. The van der Waals surface area contributed by atoms with Crippen molar-refractivity contribution >= 4 is 5.91 Å². The highest BCUT2D eigenvalue weighted by molar-refractivity contribution is 5.87. The van der Waals surface area contributed by atoms with E-state index >= 15 is 0 Å². The highest BCUT2D eigenvalue weighted by atomic mass is 16.2. The van der Waals surface area contributed by atoms with Gasteiger partial charge in [0.05, 0.1) is 0 Å². The van der Waals surface area contributed by atoms with Crippen molar-refractivity contribution in [1.29, 1.82) is 0 Å². The van der Waals surface area contributed by atoms with Gasteiger partial charge in [-0.1, -0.05) is 6.08 Å². The first kappa shape index (κ1) is 14.2. The van der Waals surface area contributed by atoms with E-state index in [0.29, 0.717) is 0 Å². The number of rotatable bonds is 3. The van der Waals surface area contributed by atoms with E-state index in [2.05, 4.69) is 31.0 Å². The quantitative estimate of drug-likeness (QED) is 0.737. The summed E-state index contributed by atoms with van der Waals surface area (Å²) in [6.45, 7) is 11.0. The lowest BCUT2D eigenvalue weighted by Crippen LogP contribution is -2.54. The van der Waals surface area contributed by atoms with Crippen molar-refractivity contribution in [2.45, 2.75) is 26.3 Å². The lowest BCUT2D eigenvalue weighted by atomic mass is 10.0. The van der Waals surface area contributed by atoms with Crippen LogP contribution in [-0.2, 0) is 4.79 Å². The Hall–Kier alpha value is -0.870. The smallest absolute Gasteiger partial charge is 0.246 e. The Kier molecular flexibility index (Phi) is 5.15. The van der Waals surface area contributed by atoms with Gasteiger partial charge in [-0.2, -0.15) is 0 Å². The fraction of sp³-hybridized carbons (Fsp3) is 0.769. The monoisotopic (exact) mass is 239 g/mol. The third-order valence-electron chi connectivity index (χ3n) is 3.12. The first-order chi connectivity index (χ1) is 7.95. The van der Waals surface area contributed by atoms with Gasteiger partial charge in [-0.05, 0) is 27.8 Å². The van der Waals surface area contributed by atoms with Crippen molar-refractivity contribution < 1.29 is 4.79 Å². The van der Waals surface area contributed by atoms with Crippen molar-refractivity contribution in [3.8, 4) is 0 Å². The van der Waals surface area contributed by atoms with E-state index in [4.69, 9.17) is 0 Å². The van der Waals surface area contributed by atoms with Crippen LogP contribution in [0.25, 0.3) is 0 Å². The molecule has 0 aromatic rings. The molecule has 1 rings (SSSR count). The Balaban J connectivity index is 2.39. The van der Waals surface area contributed by atoms with E-state index in [1.807, 2.05) is 18.0 Å². The van der Waals surface area contributed by atoms with Crippen LogP contribution in [0, 0.1) is 0 Å². The molecule has 0 bridgehead atoms. The highest BCUT2D eigenvalue weighted by Crippen LogP contribution is 2.15. The van der Waals surface area contributed by atoms with E-state index in [1.54, 1.807) is 6.08 Å². The predicted molar refractivity (Wildman–Crippen MR) is 71.0 cm³/mol. The zero-order valence-corrected chi connectivity index (χ0v) is 11.5. The summed E-state index contributed by atoms with van der Waals surface area (Å²) in [5.74, 6) is 0.133. The Morgan fingerprint density at radius 1 is 1.24 bits per heavy atom. The fourth-order valence-electron chi connectivity index (χ4n) is 1.98. The number of amides is 1. The molecule has 1 fully saturated rings. The molecule has 1 aliphatic heterocycles. The molecular formula is C13H25N3O. The number of carbonyl (C=O) groups excluding carboxylic acids is 1. The first-order valence-electron chi connectivity index (χ1n) is 6.30. The molecule has 0 spiro atoms. The summed E-state index contributed by atoms with van der Waals surface area (Å²) in [7, 11) is 1.87. The van der Waals surface area contributed by atoms with E-state index in [0.717, 1.165) is 32.7 Å². The van der Waals surface area contributed by atoms with E-state index < -0.39 is 0 Å². The maximum atomic E-state index is 11.8. The van der Waals surface area contributed by atoms with Gasteiger partial charge in [-0.25, -0.2) is 0 Å². The number of nitrogens with zero attached hydrogens (tertiary/aromatic N) is 2. The topological polar surface area (TPSA) is 35.6 Å². The molecule has 0 aromatic carbocycles. The summed E-state index contributed by atoms with van der Waals surface area (Å²) in [6.07, 6.45) is 3.54. The Bertz CT molecular complexity index is 273. The summed E-state index contributed by atoms with van der Waals surface area (Å²) in [6, 6.07) is 0. The Morgan fingerprint density at radius 3 is 2.29 bits per heavy atom. The van der Waals surface area contributed by atoms with Gasteiger partial charge >= 0.3 is 0 Å². The number of carbonyl (C=O) groups is 1. The highest BCUT2D eigenvalue weighted by Gasteiger charge is 2.26. The molecule has 0 aromatic heterocycles. The molecule has 1 saturated heterocycles. The molecule has 1 amide bonds. The minimum atomic E-state index is 0.133. The molecule has 1 heterocycles. The van der Waals surface area contributed by atoms with Gasteiger partial charge in [0.1, 0.15) is 0 Å². The van der Waals surface area contributed by atoms with Crippen LogP contribution in [0.5, 0.6) is 0 Å². The molecule has 1 aliphatic rings. The molecule has 4 nitrogen and oxygen atoms in total. The second-order valence-electron chi connectivity index (χ2n) is 5.44. The Labute approximate surface area is 105 Å². The van der Waals surface area contributed by atoms with Gasteiger partial charge in [-0.3, -0.25) is 9.69 Å². The van der Waals surface area contributed by atoms with Crippen molar-refractivity contribution in [1.82, 2.24) is 15.1 Å². The van der Waals surface area contributed by atoms with Crippen LogP contribution < -0.4 is 5.32 Å². The lowest BCUT2D eigenvalue weighted by molar-refractivity contribution is -0.128. The molecule has 0 atom stereocenters. The molecule has 0 aliphatic carbocycles. The average molecular weight is 239 g/mol. The summed E-state index contributed by atoms with van der Waals surface area (Å²) < 4.78 is 0. The van der Waals surface area contributed by atoms with Crippen molar-refractivity contribution in [2.24, 2.45) is 0 Å². The van der Waals surface area contributed by atoms with Crippen molar-refractivity contribution in [3.63, 3.8) is 0 Å². The molecule has 1 N–H and O–H groups in total. The van der Waals surface area contributed by atoms with Gasteiger partial charge < -0.3 is 10.2 Å². The van der Waals surface area contributed by atoms with Gasteiger partial charge in [0.15, 0.2) is 0 Å². The third kappa shape index (κ3) is 4.48. The lowest BCUT2D eigenvalue weighted by Gasteiger charge is -2.42. The van der Waals surface area contributed by atoms with Crippen LogP contribution in [0.15, 0.2) is 12.2 Å². The first-order valence-corrected chi connectivity index (χ1v) is 6.30. The molecule has 0 saturated carbocycles. The van der Waals surface area contributed by atoms with Crippen molar-refractivity contribution in [2.75, 3.05) is 39.8 Å². The molecule has 17 heavy (non-hydrogen) atoms. The molecule has 4 heteroatoms. The molecule has 98 valence electrons. The standard InChI is InChI=1S/C13H25N3O/c1-13(2,3)16-10-8-15(9-11-16)12(17)6-5-7-14-4/h5-6,14H,7-11H2,1-4H3/b6-5+. The minimum absolute atomic E-state index is 0.133. The number of piperazine rings is 1. The van der Waals surface area contributed by atoms with Crippen LogP contribution in [0.1, 0.15) is 20.8 Å². The van der Waals surface area contributed by atoms with Crippen LogP contribution in [0.4, 0.5) is 0 Å². The summed E-state index contributed by atoms with van der Waals surface area (Å²) in [5, 5.41) is 2.99. The number of hydrogen-bond donors (Lipinski definition) is 1. The van der Waals surface area contributed by atoms with Crippen LogP contribution in [0.3, 0.4) is 0 Å². The van der Waals surface area contributed by atoms with Crippen molar-refractivity contribution in [3.05, 3.63) is 12.2 Å². The zero-order valence-electron chi connectivity index (χ0n) is 11.5. The normalized spacial score (nSPS) is 18.9. The summed E-state index contributed by atoms with van der Waals surface area (Å²) in [5.41, 5.74) is 0.205.